The van der Waals surface area contributed by atoms with E-state index < -0.39 is 5.97 Å². The maximum Gasteiger partial charge on any atom is 0.359 e. The lowest BCUT2D eigenvalue weighted by Gasteiger charge is -2.14. The molecule has 3 aromatic rings. The van der Waals surface area contributed by atoms with Crippen molar-refractivity contribution in [3.63, 3.8) is 0 Å². The Morgan fingerprint density at radius 1 is 1.13 bits per heavy atom. The maximum atomic E-state index is 12.7. The number of hydrogen-bond acceptors (Lipinski definition) is 5. The lowest BCUT2D eigenvalue weighted by Crippen LogP contribution is -2.25. The maximum absolute atomic E-state index is 12.7. The van der Waals surface area contributed by atoms with Gasteiger partial charge in [-0.15, -0.1) is 0 Å². The van der Waals surface area contributed by atoms with Gasteiger partial charge in [0.15, 0.2) is 5.69 Å². The lowest BCUT2D eigenvalue weighted by molar-refractivity contribution is 0.0517. The molecule has 2 aromatic carbocycles. The molecule has 1 unspecified atom stereocenters. The molecule has 3 rings (SSSR count). The minimum absolute atomic E-state index is 0.182. The van der Waals surface area contributed by atoms with Crippen LogP contribution in [0, 0.1) is 0 Å². The molecule has 0 saturated heterocycles. The fourth-order valence-corrected chi connectivity index (χ4v) is 3.23. The monoisotopic (exact) mass is 461 g/mol. The van der Waals surface area contributed by atoms with E-state index in [-0.39, 0.29) is 18.3 Å². The number of hydrogen-bond donors (Lipinski definition) is 1. The normalized spacial score (nSPS) is 11.9. The van der Waals surface area contributed by atoms with Crippen molar-refractivity contribution in [2.24, 2.45) is 0 Å². The van der Waals surface area contributed by atoms with E-state index in [1.807, 2.05) is 18.2 Å². The van der Waals surface area contributed by atoms with Crippen molar-refractivity contribution in [3.8, 4) is 17.3 Å². The van der Waals surface area contributed by atoms with Crippen LogP contribution in [0.1, 0.15) is 43.2 Å². The summed E-state index contributed by atoms with van der Waals surface area (Å²) >= 11 is 12.5. The zero-order chi connectivity index (χ0) is 22.4. The van der Waals surface area contributed by atoms with Crippen molar-refractivity contribution < 1.29 is 14.3 Å². The first-order valence-corrected chi connectivity index (χ1v) is 10.9. The Bertz CT molecular complexity index is 1040. The van der Waals surface area contributed by atoms with E-state index in [4.69, 9.17) is 32.7 Å². The standard InChI is InChI=1S/C23H25Cl2N3O3/c1-4-15(3)26-14-18-21(23(29)30-5-2)27-28(20-9-7-6-8-19(20)25)22(18)31-17-12-10-16(24)11-13-17/h6-13,15,26H,4-5,14H2,1-3H3. The van der Waals surface area contributed by atoms with Gasteiger partial charge in [-0.05, 0) is 56.7 Å². The number of benzene rings is 2. The second-order valence-corrected chi connectivity index (χ2v) is 7.81. The average Bonchev–Trinajstić information content (AvgIpc) is 3.12. The summed E-state index contributed by atoms with van der Waals surface area (Å²) in [4.78, 5) is 12.7. The average molecular weight is 462 g/mol. The molecule has 1 atom stereocenters. The Hall–Kier alpha value is -2.54. The van der Waals surface area contributed by atoms with Crippen LogP contribution in [0.2, 0.25) is 10.0 Å². The number of nitrogens with one attached hydrogen (secondary N) is 1. The zero-order valence-electron chi connectivity index (χ0n) is 17.7. The molecule has 0 saturated carbocycles. The van der Waals surface area contributed by atoms with E-state index >= 15 is 0 Å². The summed E-state index contributed by atoms with van der Waals surface area (Å²) in [7, 11) is 0. The first kappa shape index (κ1) is 23.1. The summed E-state index contributed by atoms with van der Waals surface area (Å²) < 4.78 is 13.0. The second kappa shape index (κ2) is 10.7. The third kappa shape index (κ3) is 5.58. The molecule has 0 bridgehead atoms. The van der Waals surface area contributed by atoms with Crippen molar-refractivity contribution in [1.29, 1.82) is 0 Å². The van der Waals surface area contributed by atoms with Crippen LogP contribution in [0.25, 0.3) is 5.69 Å². The first-order valence-electron chi connectivity index (χ1n) is 10.1. The number of para-hydroxylation sites is 1. The molecule has 6 nitrogen and oxygen atoms in total. The third-order valence-electron chi connectivity index (χ3n) is 4.75. The highest BCUT2D eigenvalue weighted by atomic mass is 35.5. The molecule has 0 aliphatic carbocycles. The molecule has 1 N–H and O–H groups in total. The Morgan fingerprint density at radius 3 is 2.48 bits per heavy atom. The van der Waals surface area contributed by atoms with Gasteiger partial charge in [-0.1, -0.05) is 42.3 Å². The molecule has 0 fully saturated rings. The fourth-order valence-electron chi connectivity index (χ4n) is 2.88. The summed E-state index contributed by atoms with van der Waals surface area (Å²) in [5.74, 6) is 0.419. The van der Waals surface area contributed by atoms with Gasteiger partial charge in [0.25, 0.3) is 0 Å². The smallest absolute Gasteiger partial charge is 0.359 e. The van der Waals surface area contributed by atoms with Crippen LogP contribution < -0.4 is 10.1 Å². The predicted octanol–water partition coefficient (Wildman–Crippen LogP) is 6.04. The lowest BCUT2D eigenvalue weighted by atomic mass is 10.2. The minimum Gasteiger partial charge on any atom is -0.461 e. The summed E-state index contributed by atoms with van der Waals surface area (Å²) in [6, 6.07) is 14.4. The van der Waals surface area contributed by atoms with E-state index in [1.54, 1.807) is 37.3 Å². The molecular weight excluding hydrogens is 437 g/mol. The molecule has 0 amide bonds. The quantitative estimate of drug-likeness (QED) is 0.393. The van der Waals surface area contributed by atoms with Gasteiger partial charge in [-0.3, -0.25) is 0 Å². The minimum atomic E-state index is -0.518. The van der Waals surface area contributed by atoms with Gasteiger partial charge in [0.1, 0.15) is 5.75 Å². The molecular formula is C23H25Cl2N3O3. The number of nitrogens with zero attached hydrogens (tertiary/aromatic N) is 2. The van der Waals surface area contributed by atoms with E-state index in [1.165, 1.54) is 4.68 Å². The number of rotatable bonds is 9. The Balaban J connectivity index is 2.16. The molecule has 164 valence electrons. The third-order valence-corrected chi connectivity index (χ3v) is 5.33. The van der Waals surface area contributed by atoms with Crippen molar-refractivity contribution in [1.82, 2.24) is 15.1 Å². The Morgan fingerprint density at radius 2 is 1.84 bits per heavy atom. The van der Waals surface area contributed by atoms with Crippen molar-refractivity contribution >= 4 is 29.2 Å². The van der Waals surface area contributed by atoms with E-state index in [9.17, 15) is 4.79 Å². The van der Waals surface area contributed by atoms with E-state index in [0.29, 0.717) is 39.5 Å². The molecule has 31 heavy (non-hydrogen) atoms. The highest BCUT2D eigenvalue weighted by Gasteiger charge is 2.27. The molecule has 0 radical (unpaired) electrons. The number of halogens is 2. The van der Waals surface area contributed by atoms with Gasteiger partial charge in [-0.25, -0.2) is 4.79 Å². The van der Waals surface area contributed by atoms with Crippen molar-refractivity contribution in [3.05, 3.63) is 69.8 Å². The first-order chi connectivity index (χ1) is 14.9. The van der Waals surface area contributed by atoms with Crippen LogP contribution in [0.4, 0.5) is 0 Å². The van der Waals surface area contributed by atoms with Crippen LogP contribution >= 0.6 is 23.2 Å². The number of aromatic nitrogens is 2. The van der Waals surface area contributed by atoms with Crippen LogP contribution in [-0.2, 0) is 11.3 Å². The largest absolute Gasteiger partial charge is 0.461 e. The van der Waals surface area contributed by atoms with E-state index in [0.717, 1.165) is 6.42 Å². The van der Waals surface area contributed by atoms with Gasteiger partial charge >= 0.3 is 5.97 Å². The van der Waals surface area contributed by atoms with Gasteiger partial charge in [-0.2, -0.15) is 9.78 Å². The Labute approximate surface area is 192 Å². The molecule has 0 spiro atoms. The SMILES string of the molecule is CCOC(=O)c1nn(-c2ccccc2Cl)c(Oc2ccc(Cl)cc2)c1CNC(C)CC. The molecule has 1 heterocycles. The van der Waals surface area contributed by atoms with Gasteiger partial charge < -0.3 is 14.8 Å². The van der Waals surface area contributed by atoms with Gasteiger partial charge in [0.2, 0.25) is 5.88 Å². The summed E-state index contributed by atoms with van der Waals surface area (Å²) in [6.45, 7) is 6.52. The molecule has 8 heteroatoms. The summed E-state index contributed by atoms with van der Waals surface area (Å²) in [5, 5.41) is 9.02. The second-order valence-electron chi connectivity index (χ2n) is 6.96. The number of carbonyl (C=O) groups is 1. The fraction of sp³-hybridized carbons (Fsp3) is 0.304. The van der Waals surface area contributed by atoms with Crippen molar-refractivity contribution in [2.45, 2.75) is 39.8 Å². The highest BCUT2D eigenvalue weighted by Crippen LogP contribution is 2.34. The van der Waals surface area contributed by atoms with Gasteiger partial charge in [0, 0.05) is 17.6 Å². The summed E-state index contributed by atoms with van der Waals surface area (Å²) in [5.41, 5.74) is 1.36. The zero-order valence-corrected chi connectivity index (χ0v) is 19.2. The topological polar surface area (TPSA) is 65.4 Å². The van der Waals surface area contributed by atoms with Crippen LogP contribution in [0.15, 0.2) is 48.5 Å². The molecule has 0 aliphatic rings. The van der Waals surface area contributed by atoms with Crippen molar-refractivity contribution in [2.75, 3.05) is 6.61 Å². The number of esters is 1. The van der Waals surface area contributed by atoms with Gasteiger partial charge in [0.05, 0.1) is 22.9 Å². The highest BCUT2D eigenvalue weighted by molar-refractivity contribution is 6.32. The summed E-state index contributed by atoms with van der Waals surface area (Å²) in [6.07, 6.45) is 0.931. The molecule has 0 aliphatic heterocycles. The van der Waals surface area contributed by atoms with Crippen LogP contribution in [0.5, 0.6) is 11.6 Å². The van der Waals surface area contributed by atoms with Crippen LogP contribution in [-0.4, -0.2) is 28.4 Å². The number of ether oxygens (including phenoxy) is 2. The predicted molar refractivity (Wildman–Crippen MR) is 123 cm³/mol. The number of carbonyl (C=O) groups excluding carboxylic acids is 1. The van der Waals surface area contributed by atoms with E-state index in [2.05, 4.69) is 24.3 Å². The molecule has 1 aromatic heterocycles. The van der Waals surface area contributed by atoms with Crippen LogP contribution in [0.3, 0.4) is 0 Å². The Kier molecular flexibility index (Phi) is 7.96.